The Kier molecular flexibility index (Phi) is 6.14. The zero-order chi connectivity index (χ0) is 9.45. The van der Waals surface area contributed by atoms with Gasteiger partial charge in [-0.3, -0.25) is 0 Å². The molecule has 0 heterocycles. The smallest absolute Gasteiger partial charge is 0.129 e. The van der Waals surface area contributed by atoms with Crippen molar-refractivity contribution in [1.29, 1.82) is 0 Å². The van der Waals surface area contributed by atoms with E-state index in [9.17, 15) is 0 Å². The van der Waals surface area contributed by atoms with E-state index in [0.29, 0.717) is 0 Å². The number of nitrogens with one attached hydrogen (secondary N) is 1. The summed E-state index contributed by atoms with van der Waals surface area (Å²) < 4.78 is 0. The fraction of sp³-hybridized carbons (Fsp3) is 0.800. The molecule has 0 aromatic carbocycles. The van der Waals surface area contributed by atoms with Crippen LogP contribution in [0.15, 0.2) is 0 Å². The summed E-state index contributed by atoms with van der Waals surface area (Å²) in [5.74, 6) is 3.18. The van der Waals surface area contributed by atoms with Crippen LogP contribution in [0.4, 0.5) is 0 Å². The van der Waals surface area contributed by atoms with Crippen LogP contribution in [0.25, 0.3) is 0 Å². The topological polar surface area (TPSA) is 12.0 Å². The van der Waals surface area contributed by atoms with Gasteiger partial charge in [-0.05, 0) is 13.0 Å². The molecule has 0 saturated heterocycles. The maximum Gasteiger partial charge on any atom is 0.129 e. The van der Waals surface area contributed by atoms with Crippen molar-refractivity contribution >= 4 is 8.07 Å². The van der Waals surface area contributed by atoms with Gasteiger partial charge in [0.15, 0.2) is 0 Å². The van der Waals surface area contributed by atoms with Crippen molar-refractivity contribution in [3.8, 4) is 11.5 Å². The molecular formula is C10H21NSi. The molecule has 0 saturated carbocycles. The summed E-state index contributed by atoms with van der Waals surface area (Å²) in [6.45, 7) is 11.0. The highest BCUT2D eigenvalue weighted by Gasteiger charge is 2.06. The fourth-order valence-corrected chi connectivity index (χ4v) is 1.38. The Balaban J connectivity index is 3.34. The molecule has 0 atom stereocenters. The standard InChI is InChI=1S/C10H21NSi/c1-5-6-8-11-9-7-10-12(2,3)4/h11H,5-6,8-9H2,1-4H3. The Morgan fingerprint density at radius 2 is 1.92 bits per heavy atom. The van der Waals surface area contributed by atoms with Crippen molar-refractivity contribution in [3.05, 3.63) is 0 Å². The van der Waals surface area contributed by atoms with Crippen LogP contribution in [0.5, 0.6) is 0 Å². The van der Waals surface area contributed by atoms with E-state index < -0.39 is 8.07 Å². The molecular weight excluding hydrogens is 162 g/mol. The van der Waals surface area contributed by atoms with Crippen LogP contribution in [0.2, 0.25) is 19.6 Å². The van der Waals surface area contributed by atoms with Crippen molar-refractivity contribution in [1.82, 2.24) is 5.32 Å². The van der Waals surface area contributed by atoms with Gasteiger partial charge in [-0.1, -0.05) is 38.9 Å². The predicted molar refractivity (Wildman–Crippen MR) is 58.9 cm³/mol. The predicted octanol–water partition coefficient (Wildman–Crippen LogP) is 2.26. The molecule has 0 aromatic rings. The molecule has 0 aliphatic rings. The van der Waals surface area contributed by atoms with Crippen LogP contribution in [0, 0.1) is 11.5 Å². The van der Waals surface area contributed by atoms with Crippen LogP contribution in [-0.4, -0.2) is 21.2 Å². The van der Waals surface area contributed by atoms with E-state index in [1.165, 1.54) is 12.8 Å². The summed E-state index contributed by atoms with van der Waals surface area (Å²) in [7, 11) is -1.13. The van der Waals surface area contributed by atoms with E-state index in [0.717, 1.165) is 13.1 Å². The summed E-state index contributed by atoms with van der Waals surface area (Å²) in [5.41, 5.74) is 3.33. The van der Waals surface area contributed by atoms with Gasteiger partial charge in [0.1, 0.15) is 8.07 Å². The monoisotopic (exact) mass is 183 g/mol. The highest BCUT2D eigenvalue weighted by atomic mass is 28.3. The van der Waals surface area contributed by atoms with Crippen LogP contribution < -0.4 is 5.32 Å². The lowest BCUT2D eigenvalue weighted by molar-refractivity contribution is 0.687. The van der Waals surface area contributed by atoms with E-state index >= 15 is 0 Å². The molecule has 0 unspecified atom stereocenters. The normalized spacial score (nSPS) is 10.7. The van der Waals surface area contributed by atoms with Gasteiger partial charge >= 0.3 is 0 Å². The first-order chi connectivity index (χ1) is 5.56. The number of rotatable bonds is 4. The first-order valence-corrected chi connectivity index (χ1v) is 8.27. The molecule has 0 aliphatic carbocycles. The average molecular weight is 183 g/mol. The molecule has 70 valence electrons. The van der Waals surface area contributed by atoms with Crippen molar-refractivity contribution < 1.29 is 0 Å². The van der Waals surface area contributed by atoms with Gasteiger partial charge in [-0.2, -0.15) is 0 Å². The minimum Gasteiger partial charge on any atom is -0.306 e. The molecule has 1 nitrogen and oxygen atoms in total. The maximum absolute atomic E-state index is 3.33. The first kappa shape index (κ1) is 11.7. The van der Waals surface area contributed by atoms with E-state index in [-0.39, 0.29) is 0 Å². The lowest BCUT2D eigenvalue weighted by atomic mass is 10.3. The second-order valence-electron chi connectivity index (χ2n) is 4.08. The first-order valence-electron chi connectivity index (χ1n) is 4.77. The van der Waals surface area contributed by atoms with Crippen LogP contribution in [0.3, 0.4) is 0 Å². The minimum atomic E-state index is -1.13. The van der Waals surface area contributed by atoms with Crippen LogP contribution >= 0.6 is 0 Å². The highest BCUT2D eigenvalue weighted by Crippen LogP contribution is 1.95. The van der Waals surface area contributed by atoms with Crippen LogP contribution in [0.1, 0.15) is 19.8 Å². The zero-order valence-corrected chi connectivity index (χ0v) is 9.83. The van der Waals surface area contributed by atoms with Gasteiger partial charge in [0.25, 0.3) is 0 Å². The van der Waals surface area contributed by atoms with Gasteiger partial charge in [-0.25, -0.2) is 0 Å². The molecule has 0 aliphatic heterocycles. The number of hydrogen-bond donors (Lipinski definition) is 1. The average Bonchev–Trinajstić information content (AvgIpc) is 1.94. The molecule has 12 heavy (non-hydrogen) atoms. The Morgan fingerprint density at radius 1 is 1.25 bits per heavy atom. The summed E-state index contributed by atoms with van der Waals surface area (Å²) >= 11 is 0. The van der Waals surface area contributed by atoms with E-state index in [1.54, 1.807) is 0 Å². The summed E-state index contributed by atoms with van der Waals surface area (Å²) in [6.07, 6.45) is 2.52. The number of hydrogen-bond acceptors (Lipinski definition) is 1. The molecule has 0 bridgehead atoms. The molecule has 2 heteroatoms. The van der Waals surface area contributed by atoms with Gasteiger partial charge in [-0.15, -0.1) is 5.54 Å². The largest absolute Gasteiger partial charge is 0.306 e. The van der Waals surface area contributed by atoms with E-state index in [4.69, 9.17) is 0 Å². The molecule has 0 rings (SSSR count). The third-order valence-corrected chi connectivity index (χ3v) is 2.31. The maximum atomic E-state index is 3.33. The fourth-order valence-electron chi connectivity index (χ4n) is 0.762. The molecule has 1 N–H and O–H groups in total. The summed E-state index contributed by atoms with van der Waals surface area (Å²) in [4.78, 5) is 0. The second-order valence-corrected chi connectivity index (χ2v) is 8.83. The van der Waals surface area contributed by atoms with Gasteiger partial charge < -0.3 is 5.32 Å². The third-order valence-electron chi connectivity index (χ3n) is 1.38. The van der Waals surface area contributed by atoms with Crippen molar-refractivity contribution in [2.45, 2.75) is 39.4 Å². The van der Waals surface area contributed by atoms with E-state index in [2.05, 4.69) is 43.3 Å². The van der Waals surface area contributed by atoms with Gasteiger partial charge in [0, 0.05) is 0 Å². The quantitative estimate of drug-likeness (QED) is 0.400. The van der Waals surface area contributed by atoms with E-state index in [1.807, 2.05) is 0 Å². The Bertz CT molecular complexity index is 159. The summed E-state index contributed by atoms with van der Waals surface area (Å²) in [6, 6.07) is 0. The van der Waals surface area contributed by atoms with Crippen molar-refractivity contribution in [2.75, 3.05) is 13.1 Å². The van der Waals surface area contributed by atoms with Gasteiger partial charge in [0.2, 0.25) is 0 Å². The Hall–Kier alpha value is -0.263. The Labute approximate surface area is 78.0 Å². The summed E-state index contributed by atoms with van der Waals surface area (Å²) in [5, 5.41) is 3.31. The SMILES string of the molecule is CCCCNCC#C[Si](C)(C)C. The molecule has 0 spiro atoms. The third kappa shape index (κ3) is 9.74. The highest BCUT2D eigenvalue weighted by molar-refractivity contribution is 6.83. The van der Waals surface area contributed by atoms with Crippen molar-refractivity contribution in [3.63, 3.8) is 0 Å². The zero-order valence-electron chi connectivity index (χ0n) is 8.83. The lowest BCUT2D eigenvalue weighted by Gasteiger charge is -2.03. The Morgan fingerprint density at radius 3 is 2.42 bits per heavy atom. The van der Waals surface area contributed by atoms with Crippen LogP contribution in [-0.2, 0) is 0 Å². The molecule has 0 fully saturated rings. The molecule has 0 radical (unpaired) electrons. The second kappa shape index (κ2) is 6.27. The van der Waals surface area contributed by atoms with Gasteiger partial charge in [0.05, 0.1) is 6.54 Å². The molecule has 0 amide bonds. The number of unbranched alkanes of at least 4 members (excludes halogenated alkanes) is 1. The molecule has 0 aromatic heterocycles. The lowest BCUT2D eigenvalue weighted by Crippen LogP contribution is -2.19. The minimum absolute atomic E-state index is 0.865. The van der Waals surface area contributed by atoms with Crippen molar-refractivity contribution in [2.24, 2.45) is 0 Å².